The molecule has 0 aromatic rings. The lowest BCUT2D eigenvalue weighted by Crippen LogP contribution is -2.47. The third kappa shape index (κ3) is 5.18. The van der Waals surface area contributed by atoms with Crippen LogP contribution in [0.15, 0.2) is 0 Å². The molecule has 1 rings (SSSR count). The molecule has 5 nitrogen and oxygen atoms in total. The number of Topliss-reactive ketones (excluding diaryl/α,β-unsaturated/α-hetero) is 1. The number of rotatable bonds is 8. The van der Waals surface area contributed by atoms with E-state index in [4.69, 9.17) is 18.9 Å². The SMILES string of the molecule is CCOC(OCC)C(=O)C(C)(C)OC1CCCCO1. The van der Waals surface area contributed by atoms with Crippen LogP contribution in [0.25, 0.3) is 0 Å². The fraction of sp³-hybridized carbons (Fsp3) is 0.929. The topological polar surface area (TPSA) is 54.0 Å². The molecule has 1 fully saturated rings. The smallest absolute Gasteiger partial charge is 0.220 e. The normalized spacial score (nSPS) is 20.8. The Kier molecular flexibility index (Phi) is 6.93. The quantitative estimate of drug-likeness (QED) is 0.636. The lowest BCUT2D eigenvalue weighted by Gasteiger charge is -2.33. The predicted octanol–water partition coefficient (Wildman–Crippen LogP) is 2.28. The van der Waals surface area contributed by atoms with Gasteiger partial charge < -0.3 is 18.9 Å². The zero-order valence-electron chi connectivity index (χ0n) is 12.4. The number of ketones is 1. The second-order valence-electron chi connectivity index (χ2n) is 5.03. The Morgan fingerprint density at radius 2 is 1.89 bits per heavy atom. The molecule has 1 aliphatic heterocycles. The maximum absolute atomic E-state index is 12.4. The summed E-state index contributed by atoms with van der Waals surface area (Å²) in [7, 11) is 0. The van der Waals surface area contributed by atoms with Crippen LogP contribution >= 0.6 is 0 Å². The first-order chi connectivity index (χ1) is 9.01. The maximum Gasteiger partial charge on any atom is 0.220 e. The van der Waals surface area contributed by atoms with E-state index < -0.39 is 11.9 Å². The van der Waals surface area contributed by atoms with Gasteiger partial charge in [0, 0.05) is 19.8 Å². The van der Waals surface area contributed by atoms with Gasteiger partial charge in [-0.15, -0.1) is 0 Å². The van der Waals surface area contributed by atoms with Crippen molar-refractivity contribution in [3.63, 3.8) is 0 Å². The fourth-order valence-electron chi connectivity index (χ4n) is 1.98. The molecule has 19 heavy (non-hydrogen) atoms. The minimum absolute atomic E-state index is 0.203. The largest absolute Gasteiger partial charge is 0.353 e. The molecule has 1 unspecified atom stereocenters. The first-order valence-corrected chi connectivity index (χ1v) is 7.08. The van der Waals surface area contributed by atoms with Crippen LogP contribution in [0, 0.1) is 0 Å². The number of carbonyl (C=O) groups is 1. The molecule has 0 N–H and O–H groups in total. The summed E-state index contributed by atoms with van der Waals surface area (Å²) in [6.45, 7) is 8.67. The molecule has 0 bridgehead atoms. The molecule has 1 heterocycles. The van der Waals surface area contributed by atoms with Gasteiger partial charge in [0.15, 0.2) is 6.29 Å². The summed E-state index contributed by atoms with van der Waals surface area (Å²) in [5.74, 6) is -0.203. The van der Waals surface area contributed by atoms with Crippen LogP contribution in [0.5, 0.6) is 0 Å². The molecule has 0 aromatic carbocycles. The zero-order chi connectivity index (χ0) is 14.3. The number of hydrogen-bond donors (Lipinski definition) is 0. The highest BCUT2D eigenvalue weighted by atomic mass is 16.7. The van der Waals surface area contributed by atoms with Gasteiger partial charge >= 0.3 is 0 Å². The lowest BCUT2D eigenvalue weighted by atomic mass is 10.0. The van der Waals surface area contributed by atoms with E-state index in [2.05, 4.69) is 0 Å². The van der Waals surface area contributed by atoms with Gasteiger partial charge in [0.2, 0.25) is 12.1 Å². The van der Waals surface area contributed by atoms with E-state index in [1.807, 2.05) is 13.8 Å². The molecule has 1 atom stereocenters. The van der Waals surface area contributed by atoms with E-state index in [9.17, 15) is 4.79 Å². The van der Waals surface area contributed by atoms with Gasteiger partial charge in [-0.3, -0.25) is 4.79 Å². The van der Waals surface area contributed by atoms with Gasteiger partial charge in [-0.05, 0) is 47.0 Å². The molecule has 0 aromatic heterocycles. The number of hydrogen-bond acceptors (Lipinski definition) is 5. The van der Waals surface area contributed by atoms with Gasteiger partial charge in [0.1, 0.15) is 5.60 Å². The Morgan fingerprint density at radius 1 is 1.26 bits per heavy atom. The Balaban J connectivity index is 2.59. The van der Waals surface area contributed by atoms with Crippen molar-refractivity contribution in [3.8, 4) is 0 Å². The van der Waals surface area contributed by atoms with Gasteiger partial charge in [-0.25, -0.2) is 0 Å². The Morgan fingerprint density at radius 3 is 2.37 bits per heavy atom. The monoisotopic (exact) mass is 274 g/mol. The van der Waals surface area contributed by atoms with Crippen molar-refractivity contribution in [3.05, 3.63) is 0 Å². The molecular formula is C14H26O5. The third-order valence-corrected chi connectivity index (χ3v) is 3.01. The van der Waals surface area contributed by atoms with Crippen LogP contribution in [-0.4, -0.2) is 43.8 Å². The highest BCUT2D eigenvalue weighted by Gasteiger charge is 2.38. The van der Waals surface area contributed by atoms with E-state index >= 15 is 0 Å². The minimum atomic E-state index is -0.975. The molecule has 112 valence electrons. The maximum atomic E-state index is 12.4. The molecular weight excluding hydrogens is 248 g/mol. The standard InChI is InChI=1S/C14H26O5/c1-5-16-13(17-6-2)12(15)14(3,4)19-11-9-7-8-10-18-11/h11,13H,5-10H2,1-4H3. The van der Waals surface area contributed by atoms with Crippen molar-refractivity contribution < 1.29 is 23.7 Å². The van der Waals surface area contributed by atoms with Crippen molar-refractivity contribution >= 4 is 5.78 Å². The van der Waals surface area contributed by atoms with Crippen LogP contribution in [0.3, 0.4) is 0 Å². The average molecular weight is 274 g/mol. The molecule has 0 radical (unpaired) electrons. The second kappa shape index (κ2) is 7.94. The molecule has 1 saturated heterocycles. The van der Waals surface area contributed by atoms with E-state index in [1.165, 1.54) is 0 Å². The van der Waals surface area contributed by atoms with Gasteiger partial charge in [-0.1, -0.05) is 0 Å². The second-order valence-corrected chi connectivity index (χ2v) is 5.03. The highest BCUT2D eigenvalue weighted by Crippen LogP contribution is 2.23. The third-order valence-electron chi connectivity index (χ3n) is 3.01. The first kappa shape index (κ1) is 16.6. The van der Waals surface area contributed by atoms with Crippen LogP contribution < -0.4 is 0 Å². The summed E-state index contributed by atoms with van der Waals surface area (Å²) in [4.78, 5) is 12.4. The van der Waals surface area contributed by atoms with Gasteiger partial charge in [-0.2, -0.15) is 0 Å². The number of ether oxygens (including phenoxy) is 4. The van der Waals surface area contributed by atoms with Crippen molar-refractivity contribution in [2.75, 3.05) is 19.8 Å². The highest BCUT2D eigenvalue weighted by molar-refractivity contribution is 5.89. The van der Waals surface area contributed by atoms with Crippen LogP contribution in [0.2, 0.25) is 0 Å². The Bertz CT molecular complexity index is 265. The molecule has 0 aliphatic carbocycles. The van der Waals surface area contributed by atoms with E-state index in [-0.39, 0.29) is 12.1 Å². The summed E-state index contributed by atoms with van der Waals surface area (Å²) < 4.78 is 21.9. The summed E-state index contributed by atoms with van der Waals surface area (Å²) >= 11 is 0. The first-order valence-electron chi connectivity index (χ1n) is 7.08. The molecule has 0 spiro atoms. The minimum Gasteiger partial charge on any atom is -0.353 e. The summed E-state index contributed by atoms with van der Waals surface area (Å²) in [6.07, 6.45) is 1.76. The van der Waals surface area contributed by atoms with Crippen molar-refractivity contribution in [1.82, 2.24) is 0 Å². The van der Waals surface area contributed by atoms with Crippen molar-refractivity contribution in [2.24, 2.45) is 0 Å². The summed E-state index contributed by atoms with van der Waals surface area (Å²) in [5, 5.41) is 0. The molecule has 0 amide bonds. The molecule has 1 aliphatic rings. The zero-order valence-corrected chi connectivity index (χ0v) is 12.4. The van der Waals surface area contributed by atoms with Crippen LogP contribution in [-0.2, 0) is 23.7 Å². The molecule has 0 saturated carbocycles. The number of carbonyl (C=O) groups excluding carboxylic acids is 1. The van der Waals surface area contributed by atoms with E-state index in [1.54, 1.807) is 13.8 Å². The average Bonchev–Trinajstić information content (AvgIpc) is 2.38. The van der Waals surface area contributed by atoms with Gasteiger partial charge in [0.05, 0.1) is 0 Å². The van der Waals surface area contributed by atoms with E-state index in [0.29, 0.717) is 19.8 Å². The van der Waals surface area contributed by atoms with Crippen molar-refractivity contribution in [1.29, 1.82) is 0 Å². The lowest BCUT2D eigenvalue weighted by molar-refractivity contribution is -0.229. The van der Waals surface area contributed by atoms with E-state index in [0.717, 1.165) is 19.3 Å². The van der Waals surface area contributed by atoms with Crippen molar-refractivity contribution in [2.45, 2.75) is 65.1 Å². The Hall–Kier alpha value is -0.490. The van der Waals surface area contributed by atoms with Gasteiger partial charge in [0.25, 0.3) is 0 Å². The predicted molar refractivity (Wildman–Crippen MR) is 70.8 cm³/mol. The Labute approximate surface area is 115 Å². The fourth-order valence-corrected chi connectivity index (χ4v) is 1.98. The van der Waals surface area contributed by atoms with Crippen LogP contribution in [0.1, 0.15) is 47.0 Å². The summed E-state index contributed by atoms with van der Waals surface area (Å²) in [6, 6.07) is 0. The summed E-state index contributed by atoms with van der Waals surface area (Å²) in [5.41, 5.74) is -0.975. The molecule has 5 heteroatoms. The van der Waals surface area contributed by atoms with Crippen LogP contribution in [0.4, 0.5) is 0 Å².